The first-order valence-electron chi connectivity index (χ1n) is 14.5. The molecule has 5 rings (SSSR count). The summed E-state index contributed by atoms with van der Waals surface area (Å²) in [6.07, 6.45) is -1.20. The number of hydrogen-bond acceptors (Lipinski definition) is 7. The number of rotatable bonds is 5. The maximum absolute atomic E-state index is 13.2. The van der Waals surface area contributed by atoms with Crippen molar-refractivity contribution < 1.29 is 27.4 Å². The number of likely N-dealkylation sites (tertiary alicyclic amines) is 2. The van der Waals surface area contributed by atoms with Gasteiger partial charge in [-0.3, -0.25) is 0 Å². The third-order valence-electron chi connectivity index (χ3n) is 8.45. The Morgan fingerprint density at radius 1 is 1.12 bits per heavy atom. The second kappa shape index (κ2) is 12.1. The van der Waals surface area contributed by atoms with Gasteiger partial charge in [-0.25, -0.2) is 14.8 Å². The third-order valence-corrected chi connectivity index (χ3v) is 10.8. The van der Waals surface area contributed by atoms with E-state index in [9.17, 15) is 18.0 Å². The first-order chi connectivity index (χ1) is 19.7. The van der Waals surface area contributed by atoms with E-state index >= 15 is 0 Å². The smallest absolute Gasteiger partial charge is 0.422 e. The molecule has 0 radical (unpaired) electrons. The van der Waals surface area contributed by atoms with Crippen molar-refractivity contribution in [2.45, 2.75) is 71.1 Å². The van der Waals surface area contributed by atoms with Gasteiger partial charge in [0.15, 0.2) is 12.4 Å². The van der Waals surface area contributed by atoms with Gasteiger partial charge in [0.2, 0.25) is 0 Å². The van der Waals surface area contributed by atoms with Crippen LogP contribution in [0.25, 0.3) is 10.9 Å². The van der Waals surface area contributed by atoms with Gasteiger partial charge in [-0.15, -0.1) is 0 Å². The maximum atomic E-state index is 13.2. The van der Waals surface area contributed by atoms with Crippen LogP contribution in [0, 0.1) is 8.99 Å². The summed E-state index contributed by atoms with van der Waals surface area (Å²) in [5.41, 5.74) is -0.0774. The van der Waals surface area contributed by atoms with Crippen molar-refractivity contribution in [3.05, 3.63) is 19.9 Å². The molecule has 0 atom stereocenters. The lowest BCUT2D eigenvalue weighted by atomic mass is 9.72. The number of fused-ring (bicyclic) bond motifs is 1. The summed E-state index contributed by atoms with van der Waals surface area (Å²) < 4.78 is 51.8. The molecule has 8 nitrogen and oxygen atoms in total. The van der Waals surface area contributed by atoms with Gasteiger partial charge in [0.05, 0.1) is 4.47 Å². The Kier molecular flexibility index (Phi) is 9.13. The average Bonchev–Trinajstić information content (AvgIpc) is 2.90. The third kappa shape index (κ3) is 7.03. The Hall–Kier alpha value is -1.61. The minimum absolute atomic E-state index is 0.0461. The van der Waals surface area contributed by atoms with E-state index < -0.39 is 18.4 Å². The highest BCUT2D eigenvalue weighted by molar-refractivity contribution is 14.1. The molecule has 0 unspecified atom stereocenters. The number of ether oxygens (including phenoxy) is 2. The molecule has 4 heterocycles. The van der Waals surface area contributed by atoms with Crippen molar-refractivity contribution in [1.82, 2.24) is 19.8 Å². The molecular weight excluding hydrogens is 730 g/mol. The van der Waals surface area contributed by atoms with E-state index in [-0.39, 0.29) is 23.2 Å². The molecule has 1 spiro atoms. The van der Waals surface area contributed by atoms with E-state index in [4.69, 9.17) is 19.4 Å². The van der Waals surface area contributed by atoms with Gasteiger partial charge in [0.25, 0.3) is 0 Å². The predicted octanol–water partition coefficient (Wildman–Crippen LogP) is 6.97. The van der Waals surface area contributed by atoms with Crippen LogP contribution in [0.5, 0.6) is 5.75 Å². The number of alkyl halides is 3. The number of carbonyl (C=O) groups is 1. The van der Waals surface area contributed by atoms with Crippen LogP contribution in [-0.4, -0.2) is 90.1 Å². The number of halogens is 5. The molecule has 13 heteroatoms. The number of nitrogens with zero attached hydrogens (tertiary/aromatic N) is 5. The monoisotopic (exact) mass is 767 g/mol. The summed E-state index contributed by atoms with van der Waals surface area (Å²) >= 11 is 5.58. The number of piperidine rings is 2. The zero-order chi connectivity index (χ0) is 30.4. The Bertz CT molecular complexity index is 1310. The summed E-state index contributed by atoms with van der Waals surface area (Å²) in [7, 11) is 0. The number of amides is 1. The highest BCUT2D eigenvalue weighted by atomic mass is 127. The SMILES string of the molecule is CCN1CCC(c2nc(N3CCC4(CC3)CN(C(=O)OC(C)(C)C)C4)c3cc(I)c(Br)c(OCC(F)(F)F)c3n2)CC1. The summed E-state index contributed by atoms with van der Waals surface area (Å²) in [5, 5.41) is 0.689. The van der Waals surface area contributed by atoms with Gasteiger partial charge in [-0.05, 0) is 111 Å². The zero-order valence-corrected chi connectivity index (χ0v) is 28.2. The van der Waals surface area contributed by atoms with Gasteiger partial charge in [-0.1, -0.05) is 6.92 Å². The molecule has 42 heavy (non-hydrogen) atoms. The van der Waals surface area contributed by atoms with E-state index in [0.717, 1.165) is 67.8 Å². The van der Waals surface area contributed by atoms with Crippen LogP contribution in [0.4, 0.5) is 23.8 Å². The van der Waals surface area contributed by atoms with E-state index in [1.807, 2.05) is 26.8 Å². The quantitative estimate of drug-likeness (QED) is 0.305. The zero-order valence-electron chi connectivity index (χ0n) is 24.5. The molecule has 1 amide bonds. The molecule has 1 aromatic heterocycles. The molecule has 0 aliphatic carbocycles. The van der Waals surface area contributed by atoms with Gasteiger partial charge in [0, 0.05) is 46.5 Å². The fourth-order valence-corrected chi connectivity index (χ4v) is 7.10. The standard InChI is InChI=1S/C29H38BrF3IN5O3/c1-5-37-10-6-18(7-11-37)24-35-22-19(14-20(34)21(30)23(22)41-17-29(31,32)33)25(36-24)38-12-8-28(9-13-38)15-39(16-28)26(40)42-27(2,3)4/h14,18H,5-13,15-17H2,1-4H3. The molecule has 0 saturated carbocycles. The molecule has 0 N–H and O–H groups in total. The van der Waals surface area contributed by atoms with E-state index in [1.54, 1.807) is 4.90 Å². The predicted molar refractivity (Wildman–Crippen MR) is 167 cm³/mol. The fourth-order valence-electron chi connectivity index (χ4n) is 6.13. The van der Waals surface area contributed by atoms with Crippen molar-refractivity contribution in [1.29, 1.82) is 0 Å². The van der Waals surface area contributed by atoms with Crippen LogP contribution in [0.3, 0.4) is 0 Å². The van der Waals surface area contributed by atoms with Crippen LogP contribution in [0.15, 0.2) is 10.5 Å². The molecule has 3 aliphatic rings. The first kappa shape index (κ1) is 31.8. The highest BCUT2D eigenvalue weighted by Gasteiger charge is 2.48. The minimum atomic E-state index is -4.48. The molecule has 2 aromatic rings. The van der Waals surface area contributed by atoms with Crippen molar-refractivity contribution in [2.75, 3.05) is 57.3 Å². The first-order valence-corrected chi connectivity index (χ1v) is 16.4. The lowest BCUT2D eigenvalue weighted by molar-refractivity contribution is -0.153. The number of benzene rings is 1. The molecule has 232 valence electrons. The number of anilines is 1. The lowest BCUT2D eigenvalue weighted by Crippen LogP contribution is -2.62. The lowest BCUT2D eigenvalue weighted by Gasteiger charge is -2.53. The van der Waals surface area contributed by atoms with Crippen molar-refractivity contribution in [2.24, 2.45) is 5.41 Å². The Labute approximate surface area is 266 Å². The fraction of sp³-hybridized carbons (Fsp3) is 0.690. The van der Waals surface area contributed by atoms with Crippen LogP contribution < -0.4 is 9.64 Å². The maximum Gasteiger partial charge on any atom is 0.422 e. The summed E-state index contributed by atoms with van der Waals surface area (Å²) in [6, 6.07) is 1.93. The second-order valence-corrected chi connectivity index (χ2v) is 14.7. The Balaban J connectivity index is 1.43. The number of aromatic nitrogens is 2. The minimum Gasteiger partial charge on any atom is -0.481 e. The summed E-state index contributed by atoms with van der Waals surface area (Å²) in [5.74, 6) is 1.63. The molecule has 0 bridgehead atoms. The van der Waals surface area contributed by atoms with E-state index in [2.05, 4.69) is 55.2 Å². The Morgan fingerprint density at radius 3 is 2.33 bits per heavy atom. The molecular formula is C29H38BrF3IN5O3. The topological polar surface area (TPSA) is 71.0 Å². The summed E-state index contributed by atoms with van der Waals surface area (Å²) in [6.45, 7) is 12.0. The van der Waals surface area contributed by atoms with Gasteiger partial charge in [-0.2, -0.15) is 13.2 Å². The van der Waals surface area contributed by atoms with Crippen molar-refractivity contribution >= 4 is 61.3 Å². The molecule has 3 fully saturated rings. The van der Waals surface area contributed by atoms with E-state index in [0.29, 0.717) is 34.3 Å². The van der Waals surface area contributed by atoms with Crippen LogP contribution >= 0.6 is 38.5 Å². The molecule has 3 saturated heterocycles. The van der Waals surface area contributed by atoms with Crippen LogP contribution in [0.2, 0.25) is 0 Å². The number of carbonyl (C=O) groups excluding carboxylic acids is 1. The van der Waals surface area contributed by atoms with Crippen molar-refractivity contribution in [3.8, 4) is 5.75 Å². The summed E-state index contributed by atoms with van der Waals surface area (Å²) in [4.78, 5) is 28.9. The van der Waals surface area contributed by atoms with Crippen molar-refractivity contribution in [3.63, 3.8) is 0 Å². The van der Waals surface area contributed by atoms with Gasteiger partial charge >= 0.3 is 12.3 Å². The average molecular weight is 768 g/mol. The highest BCUT2D eigenvalue weighted by Crippen LogP contribution is 2.45. The van der Waals surface area contributed by atoms with Crippen LogP contribution in [0.1, 0.15) is 65.1 Å². The van der Waals surface area contributed by atoms with Crippen LogP contribution in [-0.2, 0) is 4.74 Å². The van der Waals surface area contributed by atoms with E-state index in [1.165, 1.54) is 0 Å². The van der Waals surface area contributed by atoms with Gasteiger partial charge in [0.1, 0.15) is 22.8 Å². The molecule has 1 aromatic carbocycles. The Morgan fingerprint density at radius 2 is 1.76 bits per heavy atom. The second-order valence-electron chi connectivity index (χ2n) is 12.7. The van der Waals surface area contributed by atoms with Gasteiger partial charge < -0.3 is 24.2 Å². The number of hydrogen-bond donors (Lipinski definition) is 0. The molecule has 3 aliphatic heterocycles. The largest absolute Gasteiger partial charge is 0.481 e. The normalized spacial score (nSPS) is 20.2.